The van der Waals surface area contributed by atoms with Gasteiger partial charge in [-0.25, -0.2) is 4.39 Å². The van der Waals surface area contributed by atoms with Crippen LogP contribution >= 0.6 is 15.9 Å². The van der Waals surface area contributed by atoms with Crippen LogP contribution in [0.4, 0.5) is 4.39 Å². The fourth-order valence-corrected chi connectivity index (χ4v) is 2.08. The molecule has 112 valence electrons. The van der Waals surface area contributed by atoms with E-state index in [1.165, 1.54) is 11.6 Å². The van der Waals surface area contributed by atoms with E-state index >= 15 is 0 Å². The summed E-state index contributed by atoms with van der Waals surface area (Å²) in [6.07, 6.45) is 0. The molecule has 1 N–H and O–H groups in total. The Bertz CT molecular complexity index is 605. The molecule has 0 atom stereocenters. The fourth-order valence-electron chi connectivity index (χ4n) is 1.72. The maximum absolute atomic E-state index is 13.2. The third-order valence-electron chi connectivity index (χ3n) is 2.87. The molecule has 2 aromatic carbocycles. The van der Waals surface area contributed by atoms with Crippen LogP contribution in [0.3, 0.4) is 0 Å². The lowest BCUT2D eigenvalue weighted by Gasteiger charge is -2.20. The van der Waals surface area contributed by atoms with Gasteiger partial charge in [-0.2, -0.15) is 0 Å². The molecule has 0 fully saturated rings. The number of rotatable bonds is 4. The summed E-state index contributed by atoms with van der Waals surface area (Å²) in [5, 5.41) is 3.43. The number of benzene rings is 2. The first-order valence-corrected chi connectivity index (χ1v) is 7.60. The summed E-state index contributed by atoms with van der Waals surface area (Å²) in [5.74, 6) is 1.03. The van der Waals surface area contributed by atoms with Crippen LogP contribution in [0.25, 0.3) is 0 Å². The summed E-state index contributed by atoms with van der Waals surface area (Å²) < 4.78 is 19.3. The van der Waals surface area contributed by atoms with Crippen LogP contribution in [0.1, 0.15) is 26.3 Å². The minimum absolute atomic E-state index is 0.0928. The van der Waals surface area contributed by atoms with E-state index in [2.05, 4.69) is 42.0 Å². The van der Waals surface area contributed by atoms with Gasteiger partial charge in [-0.1, -0.05) is 12.1 Å². The Morgan fingerprint density at radius 1 is 1.05 bits per heavy atom. The van der Waals surface area contributed by atoms with Gasteiger partial charge in [0.2, 0.25) is 0 Å². The van der Waals surface area contributed by atoms with E-state index in [1.54, 1.807) is 12.1 Å². The zero-order chi connectivity index (χ0) is 15.5. The zero-order valence-corrected chi connectivity index (χ0v) is 14.0. The number of halogens is 2. The highest BCUT2D eigenvalue weighted by Gasteiger charge is 2.08. The molecule has 0 aliphatic carbocycles. The molecular formula is C17H19BrFNO. The van der Waals surface area contributed by atoms with Gasteiger partial charge >= 0.3 is 0 Å². The van der Waals surface area contributed by atoms with Crippen molar-refractivity contribution in [3.05, 3.63) is 58.3 Å². The average molecular weight is 352 g/mol. The topological polar surface area (TPSA) is 21.3 Å². The third-order valence-corrected chi connectivity index (χ3v) is 3.48. The maximum atomic E-state index is 13.2. The molecule has 2 aromatic rings. The highest BCUT2D eigenvalue weighted by molar-refractivity contribution is 9.10. The second-order valence-electron chi connectivity index (χ2n) is 5.93. The minimum atomic E-state index is -0.300. The van der Waals surface area contributed by atoms with Crippen LogP contribution in [-0.4, -0.2) is 5.54 Å². The quantitative estimate of drug-likeness (QED) is 0.810. The molecule has 0 aromatic heterocycles. The van der Waals surface area contributed by atoms with E-state index in [0.717, 1.165) is 12.3 Å². The molecule has 2 nitrogen and oxygen atoms in total. The molecule has 0 aliphatic rings. The van der Waals surface area contributed by atoms with Crippen molar-refractivity contribution in [1.29, 1.82) is 0 Å². The van der Waals surface area contributed by atoms with Crippen LogP contribution in [0.5, 0.6) is 11.5 Å². The molecule has 0 bridgehead atoms. The molecule has 0 radical (unpaired) electrons. The second-order valence-corrected chi connectivity index (χ2v) is 6.78. The van der Waals surface area contributed by atoms with E-state index < -0.39 is 0 Å². The molecule has 0 spiro atoms. The lowest BCUT2D eigenvalue weighted by Crippen LogP contribution is -2.34. The summed E-state index contributed by atoms with van der Waals surface area (Å²) in [4.78, 5) is 0. The first-order valence-electron chi connectivity index (χ1n) is 6.80. The standard InChI is InChI=1S/C17H19BrFNO/c1-17(2,3)20-11-12-4-6-13(7-5-12)21-14-8-9-16(19)15(18)10-14/h4-10,20H,11H2,1-3H3. The number of ether oxygens (including phenoxy) is 1. The molecule has 0 saturated heterocycles. The van der Waals surface area contributed by atoms with Gasteiger partial charge in [0.1, 0.15) is 17.3 Å². The predicted molar refractivity (Wildman–Crippen MR) is 87.2 cm³/mol. The van der Waals surface area contributed by atoms with E-state index in [1.807, 2.05) is 24.3 Å². The van der Waals surface area contributed by atoms with Crippen LogP contribution in [0.15, 0.2) is 46.9 Å². The predicted octanol–water partition coefficient (Wildman–Crippen LogP) is 5.27. The van der Waals surface area contributed by atoms with E-state index in [9.17, 15) is 4.39 Å². The van der Waals surface area contributed by atoms with Crippen molar-refractivity contribution in [2.75, 3.05) is 0 Å². The van der Waals surface area contributed by atoms with Crippen molar-refractivity contribution in [2.24, 2.45) is 0 Å². The highest BCUT2D eigenvalue weighted by Crippen LogP contribution is 2.26. The summed E-state index contributed by atoms with van der Waals surface area (Å²) in [6.45, 7) is 7.22. The normalized spacial score (nSPS) is 11.5. The number of hydrogen-bond donors (Lipinski definition) is 1. The van der Waals surface area contributed by atoms with Crippen molar-refractivity contribution >= 4 is 15.9 Å². The van der Waals surface area contributed by atoms with Crippen LogP contribution in [-0.2, 0) is 6.54 Å². The molecule has 2 rings (SSSR count). The summed E-state index contributed by atoms with van der Waals surface area (Å²) >= 11 is 3.15. The molecule has 4 heteroatoms. The third kappa shape index (κ3) is 5.14. The lowest BCUT2D eigenvalue weighted by atomic mass is 10.1. The van der Waals surface area contributed by atoms with Gasteiger partial charge in [0.25, 0.3) is 0 Å². The van der Waals surface area contributed by atoms with Crippen molar-refractivity contribution < 1.29 is 9.13 Å². The Morgan fingerprint density at radius 3 is 2.24 bits per heavy atom. The average Bonchev–Trinajstić information content (AvgIpc) is 2.41. The van der Waals surface area contributed by atoms with Crippen molar-refractivity contribution in [3.8, 4) is 11.5 Å². The van der Waals surface area contributed by atoms with Gasteiger partial charge < -0.3 is 10.1 Å². The Kier molecular flexibility index (Phi) is 5.01. The van der Waals surface area contributed by atoms with Gasteiger partial charge in [0.05, 0.1) is 4.47 Å². The van der Waals surface area contributed by atoms with Crippen molar-refractivity contribution in [3.63, 3.8) is 0 Å². The minimum Gasteiger partial charge on any atom is -0.457 e. The first-order chi connectivity index (χ1) is 9.83. The Labute approximate surface area is 133 Å². The zero-order valence-electron chi connectivity index (χ0n) is 12.4. The molecule has 0 amide bonds. The smallest absolute Gasteiger partial charge is 0.137 e. The Hall–Kier alpha value is -1.39. The van der Waals surface area contributed by atoms with Crippen LogP contribution in [0.2, 0.25) is 0 Å². The molecule has 0 unspecified atom stereocenters. The highest BCUT2D eigenvalue weighted by atomic mass is 79.9. The van der Waals surface area contributed by atoms with E-state index in [4.69, 9.17) is 4.74 Å². The Morgan fingerprint density at radius 2 is 1.67 bits per heavy atom. The largest absolute Gasteiger partial charge is 0.457 e. The summed E-state index contributed by atoms with van der Waals surface area (Å²) in [6, 6.07) is 12.5. The summed E-state index contributed by atoms with van der Waals surface area (Å²) in [5.41, 5.74) is 1.29. The van der Waals surface area contributed by atoms with Crippen LogP contribution < -0.4 is 10.1 Å². The fraction of sp³-hybridized carbons (Fsp3) is 0.294. The molecule has 21 heavy (non-hydrogen) atoms. The SMILES string of the molecule is CC(C)(C)NCc1ccc(Oc2ccc(F)c(Br)c2)cc1. The van der Waals surface area contributed by atoms with Gasteiger partial charge in [0.15, 0.2) is 0 Å². The monoisotopic (exact) mass is 351 g/mol. The van der Waals surface area contributed by atoms with Gasteiger partial charge in [-0.05, 0) is 72.6 Å². The molecule has 0 aliphatic heterocycles. The van der Waals surface area contributed by atoms with E-state index in [0.29, 0.717) is 10.2 Å². The number of hydrogen-bond acceptors (Lipinski definition) is 2. The molecule has 0 saturated carbocycles. The van der Waals surface area contributed by atoms with Crippen molar-refractivity contribution in [1.82, 2.24) is 5.32 Å². The summed E-state index contributed by atoms with van der Waals surface area (Å²) in [7, 11) is 0. The first kappa shape index (κ1) is 16.0. The van der Waals surface area contributed by atoms with Gasteiger partial charge in [-0.15, -0.1) is 0 Å². The van der Waals surface area contributed by atoms with Crippen LogP contribution in [0, 0.1) is 5.82 Å². The van der Waals surface area contributed by atoms with Gasteiger partial charge in [-0.3, -0.25) is 0 Å². The van der Waals surface area contributed by atoms with Gasteiger partial charge in [0, 0.05) is 12.1 Å². The lowest BCUT2D eigenvalue weighted by molar-refractivity contribution is 0.424. The Balaban J connectivity index is 2.00. The van der Waals surface area contributed by atoms with E-state index in [-0.39, 0.29) is 11.4 Å². The van der Waals surface area contributed by atoms with Crippen molar-refractivity contribution in [2.45, 2.75) is 32.9 Å². The second kappa shape index (κ2) is 6.58. The molecular weight excluding hydrogens is 333 g/mol. The number of nitrogens with one attached hydrogen (secondary N) is 1. The molecule has 0 heterocycles. The maximum Gasteiger partial charge on any atom is 0.137 e.